The summed E-state index contributed by atoms with van der Waals surface area (Å²) in [4.78, 5) is 15.6. The van der Waals surface area contributed by atoms with Gasteiger partial charge in [-0.05, 0) is 71.8 Å². The molecule has 0 saturated heterocycles. The predicted octanol–water partition coefficient (Wildman–Crippen LogP) is 11.6. The van der Waals surface area contributed by atoms with Crippen LogP contribution in [0.2, 0.25) is 0 Å². The van der Waals surface area contributed by atoms with Gasteiger partial charge in [0, 0.05) is 48.0 Å². The third-order valence-electron chi connectivity index (χ3n) is 10.1. The number of fused-ring (bicyclic) bond motifs is 5. The van der Waals surface area contributed by atoms with Crippen LogP contribution in [0.25, 0.3) is 54.3 Å². The first-order valence-corrected chi connectivity index (χ1v) is 18.2. The van der Waals surface area contributed by atoms with Crippen LogP contribution in [-0.2, 0) is 5.41 Å². The van der Waals surface area contributed by atoms with Gasteiger partial charge in [0.2, 0.25) is 0 Å². The van der Waals surface area contributed by atoms with Crippen molar-refractivity contribution in [2.75, 3.05) is 0 Å². The van der Waals surface area contributed by atoms with Crippen molar-refractivity contribution in [3.05, 3.63) is 198 Å². The van der Waals surface area contributed by atoms with Gasteiger partial charge >= 0.3 is 0 Å². The Labute approximate surface area is 310 Å². The molecule has 0 spiro atoms. The average Bonchev–Trinajstić information content (AvgIpc) is 3.61. The molecule has 0 saturated carbocycles. The lowest BCUT2D eigenvalue weighted by Crippen LogP contribution is -2.35. The van der Waals surface area contributed by atoms with Gasteiger partial charge in [-0.2, -0.15) is 5.26 Å². The lowest BCUT2D eigenvalue weighted by molar-refractivity contribution is 0.435. The fourth-order valence-electron chi connectivity index (χ4n) is 7.76. The average molecular weight is 697 g/mol. The fourth-order valence-corrected chi connectivity index (χ4v) is 8.85. The second-order valence-corrected chi connectivity index (χ2v) is 14.1. The Hall–Kier alpha value is -6.94. The molecule has 1 aliphatic heterocycles. The van der Waals surface area contributed by atoms with E-state index in [0.717, 1.165) is 50.4 Å². The van der Waals surface area contributed by atoms with Gasteiger partial charge in [-0.1, -0.05) is 109 Å². The Balaban J connectivity index is 1.28. The van der Waals surface area contributed by atoms with Gasteiger partial charge in [-0.3, -0.25) is 0 Å². The van der Waals surface area contributed by atoms with Gasteiger partial charge < -0.3 is 4.74 Å². The molecule has 10 rings (SSSR count). The summed E-state index contributed by atoms with van der Waals surface area (Å²) >= 11 is 1.78. The van der Waals surface area contributed by atoms with E-state index < -0.39 is 5.41 Å². The number of aromatic nitrogens is 3. The Morgan fingerprint density at radius 2 is 1.11 bits per heavy atom. The predicted molar refractivity (Wildman–Crippen MR) is 212 cm³/mol. The molecule has 0 radical (unpaired) electrons. The van der Waals surface area contributed by atoms with E-state index in [2.05, 4.69) is 127 Å². The molecule has 0 bridgehead atoms. The summed E-state index contributed by atoms with van der Waals surface area (Å²) in [5.41, 5.74) is 6.53. The van der Waals surface area contributed by atoms with Crippen molar-refractivity contribution in [1.29, 1.82) is 5.26 Å². The number of nitriles is 1. The highest BCUT2D eigenvalue weighted by atomic mass is 32.1. The van der Waals surface area contributed by atoms with Crippen LogP contribution < -0.4 is 4.74 Å². The Kier molecular flexibility index (Phi) is 7.21. The number of hydrogen-bond donors (Lipinski definition) is 0. The molecule has 2 aromatic heterocycles. The Morgan fingerprint density at radius 1 is 0.509 bits per heavy atom. The van der Waals surface area contributed by atoms with Crippen LogP contribution in [0.5, 0.6) is 11.5 Å². The molecule has 3 heterocycles. The SMILES string of the molecule is N#Cc1ccc(-c2nc(-c3ccc4sc5ccccc5c4c3)nc(-c3cccc4c3C(c3ccccc3)(c3ccccc3)c3ccccc3O4)n2)cc1. The zero-order chi connectivity index (χ0) is 35.4. The van der Waals surface area contributed by atoms with E-state index in [-0.39, 0.29) is 0 Å². The molecule has 0 unspecified atom stereocenters. The van der Waals surface area contributed by atoms with E-state index in [0.29, 0.717) is 23.0 Å². The lowest BCUT2D eigenvalue weighted by atomic mass is 9.62. The number of nitrogens with zero attached hydrogens (tertiary/aromatic N) is 4. The van der Waals surface area contributed by atoms with Gasteiger partial charge in [-0.15, -0.1) is 11.3 Å². The normalized spacial score (nSPS) is 12.8. The number of thiophene rings is 1. The molecular formula is C47H28N4OS. The number of rotatable bonds is 5. The summed E-state index contributed by atoms with van der Waals surface area (Å²) < 4.78 is 9.22. The maximum atomic E-state index is 9.55. The van der Waals surface area contributed by atoms with E-state index in [4.69, 9.17) is 19.7 Å². The van der Waals surface area contributed by atoms with Gasteiger partial charge in [-0.25, -0.2) is 15.0 Å². The number of benzene rings is 7. The van der Waals surface area contributed by atoms with Crippen LogP contribution in [0.15, 0.2) is 170 Å². The van der Waals surface area contributed by atoms with Crippen molar-refractivity contribution in [2.24, 2.45) is 0 Å². The highest BCUT2D eigenvalue weighted by molar-refractivity contribution is 7.25. The van der Waals surface area contributed by atoms with E-state index in [1.165, 1.54) is 20.2 Å². The van der Waals surface area contributed by atoms with Crippen LogP contribution in [0, 0.1) is 11.3 Å². The first kappa shape index (κ1) is 30.8. The van der Waals surface area contributed by atoms with Crippen molar-refractivity contribution in [3.63, 3.8) is 0 Å². The molecule has 1 aliphatic rings. The Bertz CT molecular complexity index is 2840. The molecule has 6 heteroatoms. The first-order valence-electron chi connectivity index (χ1n) is 17.4. The minimum atomic E-state index is -0.765. The highest BCUT2D eigenvalue weighted by Crippen LogP contribution is 2.57. The number of ether oxygens (including phenoxy) is 1. The fraction of sp³-hybridized carbons (Fsp3) is 0.0213. The number of para-hydroxylation sites is 1. The first-order chi connectivity index (χ1) is 26.2. The second-order valence-electron chi connectivity index (χ2n) is 13.1. The maximum absolute atomic E-state index is 9.55. The zero-order valence-corrected chi connectivity index (χ0v) is 29.1. The zero-order valence-electron chi connectivity index (χ0n) is 28.3. The third-order valence-corrected chi connectivity index (χ3v) is 11.3. The molecule has 248 valence electrons. The summed E-state index contributed by atoms with van der Waals surface area (Å²) in [6, 6.07) is 60.2. The molecule has 0 aliphatic carbocycles. The molecule has 0 amide bonds. The summed E-state index contributed by atoms with van der Waals surface area (Å²) in [5, 5.41) is 11.9. The van der Waals surface area contributed by atoms with Gasteiger partial charge in [0.15, 0.2) is 17.5 Å². The highest BCUT2D eigenvalue weighted by Gasteiger charge is 2.47. The Morgan fingerprint density at radius 3 is 1.87 bits per heavy atom. The third kappa shape index (κ3) is 4.94. The minimum Gasteiger partial charge on any atom is -0.457 e. The number of hydrogen-bond acceptors (Lipinski definition) is 6. The molecule has 9 aromatic rings. The lowest BCUT2D eigenvalue weighted by Gasteiger charge is -2.42. The maximum Gasteiger partial charge on any atom is 0.164 e. The van der Waals surface area contributed by atoms with Crippen molar-refractivity contribution in [1.82, 2.24) is 15.0 Å². The molecular weight excluding hydrogens is 669 g/mol. The molecule has 0 atom stereocenters. The largest absolute Gasteiger partial charge is 0.457 e. The molecule has 5 nitrogen and oxygen atoms in total. The van der Waals surface area contributed by atoms with Crippen LogP contribution in [0.1, 0.15) is 27.8 Å². The summed E-state index contributed by atoms with van der Waals surface area (Å²) in [5.74, 6) is 3.15. The summed E-state index contributed by atoms with van der Waals surface area (Å²) in [6.45, 7) is 0. The van der Waals surface area contributed by atoms with E-state index in [1.807, 2.05) is 36.4 Å². The van der Waals surface area contributed by atoms with Gasteiger partial charge in [0.05, 0.1) is 17.0 Å². The van der Waals surface area contributed by atoms with Gasteiger partial charge in [0.25, 0.3) is 0 Å². The van der Waals surface area contributed by atoms with Gasteiger partial charge in [0.1, 0.15) is 11.5 Å². The second kappa shape index (κ2) is 12.4. The van der Waals surface area contributed by atoms with Crippen molar-refractivity contribution in [3.8, 4) is 51.7 Å². The molecule has 7 aromatic carbocycles. The molecule has 0 N–H and O–H groups in total. The summed E-state index contributed by atoms with van der Waals surface area (Å²) in [6.07, 6.45) is 0. The van der Waals surface area contributed by atoms with Crippen LogP contribution >= 0.6 is 11.3 Å². The van der Waals surface area contributed by atoms with E-state index in [1.54, 1.807) is 23.5 Å². The van der Waals surface area contributed by atoms with Crippen LogP contribution in [-0.4, -0.2) is 15.0 Å². The summed E-state index contributed by atoms with van der Waals surface area (Å²) in [7, 11) is 0. The van der Waals surface area contributed by atoms with Crippen LogP contribution in [0.3, 0.4) is 0 Å². The molecule has 53 heavy (non-hydrogen) atoms. The smallest absolute Gasteiger partial charge is 0.164 e. The van der Waals surface area contributed by atoms with Crippen molar-refractivity contribution < 1.29 is 4.74 Å². The standard InChI is InChI=1S/C47H28N4OS/c48-29-30-22-24-31(25-23-30)44-49-45(32-26-27-42-37(28-32)35-16-7-10-21-41(35)53-42)51-46(50-44)36-17-11-20-40-43(36)47(33-12-3-1-4-13-33,34-14-5-2-6-15-34)38-18-8-9-19-39(38)52-40/h1-28H. The van der Waals surface area contributed by atoms with Crippen molar-refractivity contribution in [2.45, 2.75) is 5.41 Å². The monoisotopic (exact) mass is 696 g/mol. The van der Waals surface area contributed by atoms with E-state index in [9.17, 15) is 5.26 Å². The van der Waals surface area contributed by atoms with Crippen molar-refractivity contribution >= 4 is 31.5 Å². The quantitative estimate of drug-likeness (QED) is 0.179. The minimum absolute atomic E-state index is 0.518. The topological polar surface area (TPSA) is 71.7 Å². The van der Waals surface area contributed by atoms with E-state index >= 15 is 0 Å². The molecule has 0 fully saturated rings. The van der Waals surface area contributed by atoms with Crippen LogP contribution in [0.4, 0.5) is 0 Å².